The SMILES string of the molecule is CC(C)(C)c1cc(S(C)(=O)=NC(=O)C(F)(F)F)ccc1C(C)(C)[O]. The number of carbonyl (C=O) groups excluding carboxylic acids is 1. The number of nitrogens with zero attached hydrogens (tertiary/aromatic N) is 1. The Morgan fingerprint density at radius 1 is 1.04 bits per heavy atom. The second-order valence-corrected chi connectivity index (χ2v) is 9.42. The molecule has 1 radical (unpaired) electrons. The second kappa shape index (κ2) is 6.15. The first kappa shape index (κ1) is 20.6. The molecule has 8 heteroatoms. The normalized spacial score (nSPS) is 15.8. The number of benzene rings is 1. The van der Waals surface area contributed by atoms with Gasteiger partial charge in [-0.15, -0.1) is 4.36 Å². The zero-order valence-electron chi connectivity index (χ0n) is 14.4. The smallest absolute Gasteiger partial charge is 0.261 e. The molecule has 135 valence electrons. The third kappa shape index (κ3) is 4.80. The fourth-order valence-electron chi connectivity index (χ4n) is 2.17. The Kier molecular flexibility index (Phi) is 5.28. The van der Waals surface area contributed by atoms with Crippen molar-refractivity contribution in [2.75, 3.05) is 6.26 Å². The molecule has 0 spiro atoms. The average molecular weight is 364 g/mol. The quantitative estimate of drug-likeness (QED) is 0.789. The molecule has 1 aromatic rings. The van der Waals surface area contributed by atoms with Gasteiger partial charge in [0.25, 0.3) is 0 Å². The first-order valence-electron chi connectivity index (χ1n) is 7.15. The highest BCUT2D eigenvalue weighted by Gasteiger charge is 2.39. The summed E-state index contributed by atoms with van der Waals surface area (Å²) >= 11 is 0. The maximum absolute atomic E-state index is 12.5. The predicted octanol–water partition coefficient (Wildman–Crippen LogP) is 4.20. The van der Waals surface area contributed by atoms with Gasteiger partial charge in [0, 0.05) is 11.2 Å². The Morgan fingerprint density at radius 2 is 1.54 bits per heavy atom. The molecule has 1 atom stereocenters. The van der Waals surface area contributed by atoms with Gasteiger partial charge < -0.3 is 0 Å². The number of amides is 1. The molecule has 0 bridgehead atoms. The van der Waals surface area contributed by atoms with E-state index in [4.69, 9.17) is 0 Å². The number of carbonyl (C=O) groups is 1. The van der Waals surface area contributed by atoms with E-state index in [-0.39, 0.29) is 4.90 Å². The molecule has 0 aromatic heterocycles. The molecular formula is C16H21F3NO3S. The molecular weight excluding hydrogens is 343 g/mol. The molecule has 0 saturated heterocycles. The summed E-state index contributed by atoms with van der Waals surface area (Å²) in [6.07, 6.45) is -4.21. The van der Waals surface area contributed by atoms with Gasteiger partial charge in [0.1, 0.15) is 5.60 Å². The minimum atomic E-state index is -5.18. The summed E-state index contributed by atoms with van der Waals surface area (Å²) in [5, 5.41) is 12.3. The van der Waals surface area contributed by atoms with E-state index in [9.17, 15) is 27.3 Å². The third-order valence-electron chi connectivity index (χ3n) is 3.38. The van der Waals surface area contributed by atoms with Gasteiger partial charge in [-0.2, -0.15) is 13.2 Å². The summed E-state index contributed by atoms with van der Waals surface area (Å²) in [4.78, 5) is 11.0. The van der Waals surface area contributed by atoms with Crippen LogP contribution in [-0.4, -0.2) is 22.5 Å². The highest BCUT2D eigenvalue weighted by molar-refractivity contribution is 7.93. The Morgan fingerprint density at radius 3 is 1.92 bits per heavy atom. The molecule has 1 amide bonds. The Bertz CT molecular complexity index is 762. The molecule has 0 N–H and O–H groups in total. The molecule has 4 nitrogen and oxygen atoms in total. The van der Waals surface area contributed by atoms with Crippen molar-refractivity contribution in [1.29, 1.82) is 0 Å². The minimum absolute atomic E-state index is 0.0157. The summed E-state index contributed by atoms with van der Waals surface area (Å²) in [5.41, 5.74) is -0.925. The fraction of sp³-hybridized carbons (Fsp3) is 0.562. The molecule has 0 fully saturated rings. The Labute approximate surface area is 140 Å². The number of hydrogen-bond donors (Lipinski definition) is 0. The standard InChI is InChI=1S/C16H21F3NO3S/c1-14(2,3)12-9-10(7-8-11(12)15(4,5)22)24(6,23)20-13(21)16(17,18)19/h7-9H,1-6H3. The topological polar surface area (TPSA) is 66.4 Å². The molecule has 0 saturated carbocycles. The van der Waals surface area contributed by atoms with Gasteiger partial charge in [-0.3, -0.25) is 4.79 Å². The first-order valence-corrected chi connectivity index (χ1v) is 9.07. The first-order chi connectivity index (χ1) is 10.5. The largest absolute Gasteiger partial charge is 0.474 e. The monoisotopic (exact) mass is 364 g/mol. The lowest BCUT2D eigenvalue weighted by Gasteiger charge is -2.28. The molecule has 0 aliphatic heterocycles. The maximum atomic E-state index is 12.5. The van der Waals surface area contributed by atoms with Crippen molar-refractivity contribution in [2.24, 2.45) is 4.36 Å². The molecule has 1 rings (SSSR count). The molecule has 1 unspecified atom stereocenters. The van der Waals surface area contributed by atoms with Gasteiger partial charge in [-0.05, 0) is 42.5 Å². The van der Waals surface area contributed by atoms with Gasteiger partial charge in [0.05, 0.1) is 9.73 Å². The van der Waals surface area contributed by atoms with E-state index < -0.39 is 32.8 Å². The van der Waals surface area contributed by atoms with Gasteiger partial charge in [0.2, 0.25) is 0 Å². The Hall–Kier alpha value is -1.41. The van der Waals surface area contributed by atoms with Gasteiger partial charge in [0.15, 0.2) is 0 Å². The lowest BCUT2D eigenvalue weighted by atomic mass is 9.79. The van der Waals surface area contributed by atoms with Crippen molar-refractivity contribution in [3.63, 3.8) is 0 Å². The number of halogens is 3. The van der Waals surface area contributed by atoms with Crippen LogP contribution in [0.5, 0.6) is 0 Å². The average Bonchev–Trinajstić information content (AvgIpc) is 2.34. The minimum Gasteiger partial charge on any atom is -0.261 e. The molecule has 24 heavy (non-hydrogen) atoms. The summed E-state index contributed by atoms with van der Waals surface area (Å²) in [6, 6.07) is 4.14. The molecule has 0 heterocycles. The maximum Gasteiger partial charge on any atom is 0.474 e. The second-order valence-electron chi connectivity index (χ2n) is 7.16. The van der Waals surface area contributed by atoms with Crippen LogP contribution >= 0.6 is 0 Å². The van der Waals surface area contributed by atoms with E-state index in [1.54, 1.807) is 0 Å². The van der Waals surface area contributed by atoms with Crippen molar-refractivity contribution in [2.45, 2.75) is 56.7 Å². The van der Waals surface area contributed by atoms with Gasteiger partial charge in [-0.1, -0.05) is 26.8 Å². The van der Waals surface area contributed by atoms with Crippen molar-refractivity contribution >= 4 is 15.6 Å². The van der Waals surface area contributed by atoms with Crippen molar-refractivity contribution in [1.82, 2.24) is 0 Å². The zero-order chi connectivity index (χ0) is 19.1. The lowest BCUT2D eigenvalue weighted by Crippen LogP contribution is -2.24. The van der Waals surface area contributed by atoms with Crippen LogP contribution in [0.1, 0.15) is 45.7 Å². The van der Waals surface area contributed by atoms with Gasteiger partial charge >= 0.3 is 12.1 Å². The van der Waals surface area contributed by atoms with Crippen LogP contribution in [0.3, 0.4) is 0 Å². The molecule has 0 aliphatic rings. The van der Waals surface area contributed by atoms with E-state index in [1.165, 1.54) is 32.0 Å². The van der Waals surface area contributed by atoms with E-state index in [0.717, 1.165) is 6.26 Å². The van der Waals surface area contributed by atoms with Gasteiger partial charge in [-0.25, -0.2) is 9.32 Å². The van der Waals surface area contributed by atoms with E-state index in [0.29, 0.717) is 11.1 Å². The Balaban J connectivity index is 3.61. The summed E-state index contributed by atoms with van der Waals surface area (Å²) < 4.78 is 52.5. The summed E-state index contributed by atoms with van der Waals surface area (Å²) in [6.45, 7) is 8.43. The lowest BCUT2D eigenvalue weighted by molar-refractivity contribution is -0.169. The molecule has 1 aromatic carbocycles. The van der Waals surface area contributed by atoms with Crippen LogP contribution in [-0.2, 0) is 30.6 Å². The summed E-state index contributed by atoms with van der Waals surface area (Å²) in [7, 11) is -3.58. The number of rotatable bonds is 2. The third-order valence-corrected chi connectivity index (χ3v) is 5.03. The van der Waals surface area contributed by atoms with E-state index in [1.807, 2.05) is 20.8 Å². The van der Waals surface area contributed by atoms with Crippen LogP contribution < -0.4 is 0 Å². The predicted molar refractivity (Wildman–Crippen MR) is 84.7 cm³/mol. The van der Waals surface area contributed by atoms with Crippen molar-refractivity contribution in [3.05, 3.63) is 29.3 Å². The van der Waals surface area contributed by atoms with Crippen LogP contribution in [0.25, 0.3) is 0 Å². The molecule has 0 aliphatic carbocycles. The highest BCUT2D eigenvalue weighted by atomic mass is 32.2. The van der Waals surface area contributed by atoms with Crippen molar-refractivity contribution < 1.29 is 27.3 Å². The fourth-order valence-corrected chi connectivity index (χ4v) is 3.35. The zero-order valence-corrected chi connectivity index (χ0v) is 15.3. The summed E-state index contributed by atoms with van der Waals surface area (Å²) in [5.74, 6) is -2.39. The number of hydrogen-bond acceptors (Lipinski definition) is 2. The van der Waals surface area contributed by atoms with Crippen LogP contribution in [0, 0.1) is 0 Å². The van der Waals surface area contributed by atoms with E-state index >= 15 is 0 Å². The van der Waals surface area contributed by atoms with Crippen LogP contribution in [0.15, 0.2) is 27.5 Å². The van der Waals surface area contributed by atoms with Crippen LogP contribution in [0.4, 0.5) is 13.2 Å². The van der Waals surface area contributed by atoms with Crippen molar-refractivity contribution in [3.8, 4) is 0 Å². The van der Waals surface area contributed by atoms with E-state index in [2.05, 4.69) is 4.36 Å². The number of alkyl halides is 3. The highest BCUT2D eigenvalue weighted by Crippen LogP contribution is 2.35. The van der Waals surface area contributed by atoms with Crippen LogP contribution in [0.2, 0.25) is 0 Å².